The summed E-state index contributed by atoms with van der Waals surface area (Å²) in [6.07, 6.45) is 5.26. The van der Waals surface area contributed by atoms with Crippen LogP contribution in [-0.2, 0) is 0 Å². The van der Waals surface area contributed by atoms with Crippen LogP contribution >= 0.6 is 0 Å². The number of anilines is 3. The SMILES string of the molecule is COc1ccc(Nc2cc(N3CCCC(C(C)O)C3)nn3ccnc23)nc1OC. The van der Waals surface area contributed by atoms with E-state index in [1.54, 1.807) is 31.0 Å². The topological polar surface area (TPSA) is 97.0 Å². The second-order valence-electron chi connectivity index (χ2n) is 7.23. The summed E-state index contributed by atoms with van der Waals surface area (Å²) in [5.41, 5.74) is 1.49. The zero-order valence-corrected chi connectivity index (χ0v) is 16.9. The first-order valence-corrected chi connectivity index (χ1v) is 9.72. The largest absolute Gasteiger partial charge is 0.491 e. The normalized spacial score (nSPS) is 17.9. The number of ether oxygens (including phenoxy) is 2. The number of methoxy groups -OCH3 is 2. The first kappa shape index (κ1) is 19.3. The Kier molecular flexibility index (Phi) is 5.39. The molecule has 1 saturated heterocycles. The Morgan fingerprint density at radius 3 is 2.90 bits per heavy atom. The number of imidazole rings is 1. The van der Waals surface area contributed by atoms with Gasteiger partial charge in [0.1, 0.15) is 5.82 Å². The van der Waals surface area contributed by atoms with Gasteiger partial charge in [-0.2, -0.15) is 4.98 Å². The molecule has 4 heterocycles. The van der Waals surface area contributed by atoms with Crippen molar-refractivity contribution in [3.63, 3.8) is 0 Å². The fourth-order valence-electron chi connectivity index (χ4n) is 3.70. The molecule has 154 valence electrons. The van der Waals surface area contributed by atoms with Crippen molar-refractivity contribution in [2.24, 2.45) is 5.92 Å². The highest BCUT2D eigenvalue weighted by atomic mass is 16.5. The van der Waals surface area contributed by atoms with E-state index in [0.29, 0.717) is 23.1 Å². The van der Waals surface area contributed by atoms with Crippen LogP contribution in [-0.4, -0.2) is 58.1 Å². The van der Waals surface area contributed by atoms with E-state index in [4.69, 9.17) is 14.6 Å². The van der Waals surface area contributed by atoms with Crippen LogP contribution in [0.2, 0.25) is 0 Å². The molecular weight excluding hydrogens is 372 g/mol. The average Bonchev–Trinajstić information content (AvgIpc) is 3.22. The van der Waals surface area contributed by atoms with Gasteiger partial charge < -0.3 is 24.8 Å². The van der Waals surface area contributed by atoms with Gasteiger partial charge in [0.15, 0.2) is 17.2 Å². The molecule has 1 fully saturated rings. The highest BCUT2D eigenvalue weighted by Gasteiger charge is 2.25. The van der Waals surface area contributed by atoms with Crippen molar-refractivity contribution in [2.75, 3.05) is 37.5 Å². The van der Waals surface area contributed by atoms with Crippen molar-refractivity contribution in [3.8, 4) is 11.6 Å². The standard InChI is InChI=1S/C20H26N6O3/c1-13(27)14-5-4-9-25(12-14)18-11-15(19-21-8-10-26(19)24-18)22-17-7-6-16(28-2)20(23-17)29-3/h6-8,10-11,13-14,27H,4-5,9,12H2,1-3H3,(H,22,23). The molecule has 1 aliphatic rings. The van der Waals surface area contributed by atoms with Crippen molar-refractivity contribution >= 4 is 23.0 Å². The minimum atomic E-state index is -0.330. The third-order valence-corrected chi connectivity index (χ3v) is 5.31. The van der Waals surface area contributed by atoms with Gasteiger partial charge in [0.2, 0.25) is 0 Å². The van der Waals surface area contributed by atoms with E-state index in [2.05, 4.69) is 20.2 Å². The quantitative estimate of drug-likeness (QED) is 0.654. The van der Waals surface area contributed by atoms with E-state index >= 15 is 0 Å². The zero-order chi connectivity index (χ0) is 20.4. The predicted octanol–water partition coefficient (Wildman–Crippen LogP) is 2.48. The number of fused-ring (bicyclic) bond motifs is 1. The van der Waals surface area contributed by atoms with Gasteiger partial charge in [-0.3, -0.25) is 0 Å². The number of piperidine rings is 1. The molecule has 2 N–H and O–H groups in total. The lowest BCUT2D eigenvalue weighted by atomic mass is 9.93. The summed E-state index contributed by atoms with van der Waals surface area (Å²) in [7, 11) is 3.13. The molecule has 0 aliphatic carbocycles. The number of aromatic nitrogens is 4. The molecule has 1 aliphatic heterocycles. The molecule has 2 atom stereocenters. The van der Waals surface area contributed by atoms with E-state index in [9.17, 15) is 5.11 Å². The molecule has 0 saturated carbocycles. The van der Waals surface area contributed by atoms with Crippen molar-refractivity contribution in [1.29, 1.82) is 0 Å². The van der Waals surface area contributed by atoms with Gasteiger partial charge in [-0.1, -0.05) is 0 Å². The van der Waals surface area contributed by atoms with Crippen molar-refractivity contribution in [1.82, 2.24) is 19.6 Å². The minimum absolute atomic E-state index is 0.243. The lowest BCUT2D eigenvalue weighted by Gasteiger charge is -2.35. The number of pyridine rings is 1. The fraction of sp³-hybridized carbons (Fsp3) is 0.450. The average molecular weight is 398 g/mol. The van der Waals surface area contributed by atoms with E-state index in [-0.39, 0.29) is 12.0 Å². The van der Waals surface area contributed by atoms with Gasteiger partial charge in [0, 0.05) is 37.5 Å². The highest BCUT2D eigenvalue weighted by Crippen LogP contribution is 2.30. The second-order valence-corrected chi connectivity index (χ2v) is 7.23. The highest BCUT2D eigenvalue weighted by molar-refractivity contribution is 5.75. The minimum Gasteiger partial charge on any atom is -0.491 e. The molecule has 2 unspecified atom stereocenters. The number of aliphatic hydroxyl groups excluding tert-OH is 1. The maximum Gasteiger partial charge on any atom is 0.258 e. The smallest absolute Gasteiger partial charge is 0.258 e. The second kappa shape index (κ2) is 8.12. The first-order chi connectivity index (χ1) is 14.1. The third-order valence-electron chi connectivity index (χ3n) is 5.31. The zero-order valence-electron chi connectivity index (χ0n) is 16.9. The summed E-state index contributed by atoms with van der Waals surface area (Å²) in [5.74, 6) is 2.67. The lowest BCUT2D eigenvalue weighted by Crippen LogP contribution is -2.40. The molecule has 0 radical (unpaired) electrons. The van der Waals surface area contributed by atoms with Gasteiger partial charge >= 0.3 is 0 Å². The molecule has 29 heavy (non-hydrogen) atoms. The molecule has 0 amide bonds. The van der Waals surface area contributed by atoms with Crippen LogP contribution in [0, 0.1) is 5.92 Å². The summed E-state index contributed by atoms with van der Waals surface area (Å²) >= 11 is 0. The van der Waals surface area contributed by atoms with Crippen LogP contribution in [0.25, 0.3) is 5.65 Å². The predicted molar refractivity (Wildman–Crippen MR) is 110 cm³/mol. The molecule has 9 heteroatoms. The maximum atomic E-state index is 10.0. The molecule has 0 spiro atoms. The molecule has 4 rings (SSSR count). The molecular formula is C20H26N6O3. The number of rotatable bonds is 6. The Morgan fingerprint density at radius 1 is 1.28 bits per heavy atom. The number of hydrogen-bond donors (Lipinski definition) is 2. The summed E-state index contributed by atoms with van der Waals surface area (Å²) in [4.78, 5) is 11.1. The van der Waals surface area contributed by atoms with Crippen LogP contribution in [0.3, 0.4) is 0 Å². The van der Waals surface area contributed by atoms with E-state index in [1.165, 1.54) is 0 Å². The summed E-state index contributed by atoms with van der Waals surface area (Å²) in [5, 5.41) is 18.1. The van der Waals surface area contributed by atoms with Crippen LogP contribution in [0.5, 0.6) is 11.6 Å². The van der Waals surface area contributed by atoms with Gasteiger partial charge in [0.05, 0.1) is 26.0 Å². The van der Waals surface area contributed by atoms with Gasteiger partial charge in [-0.05, 0) is 31.9 Å². The van der Waals surface area contributed by atoms with Gasteiger partial charge in [0.25, 0.3) is 5.88 Å². The number of nitrogens with zero attached hydrogens (tertiary/aromatic N) is 5. The molecule has 0 aromatic carbocycles. The summed E-state index contributed by atoms with van der Waals surface area (Å²) < 4.78 is 12.3. The Balaban J connectivity index is 1.67. The van der Waals surface area contributed by atoms with Crippen LogP contribution < -0.4 is 19.7 Å². The fourth-order valence-corrected chi connectivity index (χ4v) is 3.70. The molecule has 3 aromatic rings. The molecule has 0 bridgehead atoms. The van der Waals surface area contributed by atoms with Crippen molar-refractivity contribution < 1.29 is 14.6 Å². The number of hydrogen-bond acceptors (Lipinski definition) is 8. The van der Waals surface area contributed by atoms with Gasteiger partial charge in [-0.15, -0.1) is 5.10 Å². The summed E-state index contributed by atoms with van der Waals surface area (Å²) in [6.45, 7) is 3.54. The maximum absolute atomic E-state index is 10.0. The Bertz CT molecular complexity index is 990. The molecule has 3 aromatic heterocycles. The van der Waals surface area contributed by atoms with Crippen LogP contribution in [0.15, 0.2) is 30.6 Å². The van der Waals surface area contributed by atoms with E-state index in [1.807, 2.05) is 25.3 Å². The van der Waals surface area contributed by atoms with Gasteiger partial charge in [-0.25, -0.2) is 9.50 Å². The Morgan fingerprint density at radius 2 is 2.14 bits per heavy atom. The van der Waals surface area contributed by atoms with Crippen LogP contribution in [0.4, 0.5) is 17.3 Å². The van der Waals surface area contributed by atoms with E-state index in [0.717, 1.165) is 37.4 Å². The van der Waals surface area contributed by atoms with Crippen molar-refractivity contribution in [3.05, 3.63) is 30.6 Å². The Hall–Kier alpha value is -3.07. The monoisotopic (exact) mass is 398 g/mol. The number of aliphatic hydroxyl groups is 1. The Labute approximate surface area is 169 Å². The third kappa shape index (κ3) is 3.91. The number of nitrogens with one attached hydrogen (secondary N) is 1. The van der Waals surface area contributed by atoms with E-state index < -0.39 is 0 Å². The lowest BCUT2D eigenvalue weighted by molar-refractivity contribution is 0.115. The molecule has 9 nitrogen and oxygen atoms in total. The first-order valence-electron chi connectivity index (χ1n) is 9.72. The van der Waals surface area contributed by atoms with Crippen LogP contribution in [0.1, 0.15) is 19.8 Å². The van der Waals surface area contributed by atoms with Crippen molar-refractivity contribution in [2.45, 2.75) is 25.9 Å². The summed E-state index contributed by atoms with van der Waals surface area (Å²) in [6, 6.07) is 5.60.